The van der Waals surface area contributed by atoms with Gasteiger partial charge in [0.1, 0.15) is 30.2 Å². The Hall–Kier alpha value is -3.61. The second kappa shape index (κ2) is 8.97. The van der Waals surface area contributed by atoms with Gasteiger partial charge in [0, 0.05) is 11.1 Å². The summed E-state index contributed by atoms with van der Waals surface area (Å²) in [6, 6.07) is 8.42. The monoisotopic (exact) mass is 474 g/mol. The molecule has 4 rings (SSSR count). The molecule has 0 amide bonds. The zero-order chi connectivity index (χ0) is 24.7. The number of ether oxygens (including phenoxy) is 2. The number of hydrogen-bond donors (Lipinski definition) is 8. The molecule has 0 aromatic heterocycles. The van der Waals surface area contributed by atoms with Gasteiger partial charge < -0.3 is 50.3 Å². The Morgan fingerprint density at radius 3 is 2.18 bits per heavy atom. The fourth-order valence-corrected chi connectivity index (χ4v) is 3.74. The summed E-state index contributed by atoms with van der Waals surface area (Å²) in [5, 5.41) is 79.2. The van der Waals surface area contributed by atoms with E-state index in [1.54, 1.807) is 0 Å². The fourth-order valence-electron chi connectivity index (χ4n) is 3.74. The van der Waals surface area contributed by atoms with E-state index in [0.29, 0.717) is 0 Å². The van der Waals surface area contributed by atoms with Crippen molar-refractivity contribution < 1.29 is 55.1 Å². The molecule has 0 radical (unpaired) electrons. The second-order valence-corrected chi connectivity index (χ2v) is 7.88. The molecule has 1 fully saturated rings. The number of ketones is 1. The molecule has 11 heteroatoms. The summed E-state index contributed by atoms with van der Waals surface area (Å²) in [5.74, 6) is -2.60. The van der Waals surface area contributed by atoms with Gasteiger partial charge in [0.2, 0.25) is 6.29 Å². The Labute approximate surface area is 191 Å². The van der Waals surface area contributed by atoms with Crippen molar-refractivity contribution in [3.05, 3.63) is 53.6 Å². The van der Waals surface area contributed by atoms with Crippen LogP contribution in [0.2, 0.25) is 0 Å². The Balaban J connectivity index is 1.79. The van der Waals surface area contributed by atoms with Crippen molar-refractivity contribution in [2.75, 3.05) is 6.61 Å². The SMILES string of the molecule is O=C(c1ccc(O)c(O)c1)c1cc(O[C@H]2O[C@H](CO)[C@@H](O)[C@H](O)[C@H]2O)cc2cc(O)c(O)cc12. The van der Waals surface area contributed by atoms with E-state index in [9.17, 15) is 45.6 Å². The van der Waals surface area contributed by atoms with Crippen molar-refractivity contribution >= 4 is 16.6 Å². The van der Waals surface area contributed by atoms with Crippen molar-refractivity contribution in [2.24, 2.45) is 0 Å². The van der Waals surface area contributed by atoms with Crippen molar-refractivity contribution in [1.29, 1.82) is 0 Å². The van der Waals surface area contributed by atoms with Crippen LogP contribution in [0.1, 0.15) is 15.9 Å². The number of benzene rings is 3. The maximum Gasteiger partial charge on any atom is 0.229 e. The van der Waals surface area contributed by atoms with E-state index in [2.05, 4.69) is 0 Å². The van der Waals surface area contributed by atoms with E-state index in [4.69, 9.17) is 9.47 Å². The predicted molar refractivity (Wildman–Crippen MR) is 115 cm³/mol. The minimum Gasteiger partial charge on any atom is -0.504 e. The number of carbonyl (C=O) groups excluding carboxylic acids is 1. The topological polar surface area (TPSA) is 197 Å². The van der Waals surface area contributed by atoms with Crippen molar-refractivity contribution in [3.8, 4) is 28.7 Å². The van der Waals surface area contributed by atoms with Gasteiger partial charge in [-0.25, -0.2) is 0 Å². The van der Waals surface area contributed by atoms with Crippen LogP contribution in [0.15, 0.2) is 42.5 Å². The normalized spacial score (nSPS) is 24.8. The summed E-state index contributed by atoms with van der Waals surface area (Å²) >= 11 is 0. The Morgan fingerprint density at radius 1 is 0.824 bits per heavy atom. The first-order valence-corrected chi connectivity index (χ1v) is 10.1. The summed E-state index contributed by atoms with van der Waals surface area (Å²) in [7, 11) is 0. The summed E-state index contributed by atoms with van der Waals surface area (Å²) < 4.78 is 11.0. The molecule has 0 saturated carbocycles. The van der Waals surface area contributed by atoms with E-state index in [1.807, 2.05) is 0 Å². The van der Waals surface area contributed by atoms with Crippen LogP contribution < -0.4 is 4.74 Å². The van der Waals surface area contributed by atoms with Crippen LogP contribution in [-0.4, -0.2) is 83.9 Å². The Morgan fingerprint density at radius 2 is 1.50 bits per heavy atom. The smallest absolute Gasteiger partial charge is 0.229 e. The highest BCUT2D eigenvalue weighted by Crippen LogP contribution is 2.37. The van der Waals surface area contributed by atoms with E-state index in [-0.39, 0.29) is 27.6 Å². The molecule has 1 saturated heterocycles. The van der Waals surface area contributed by atoms with Gasteiger partial charge in [-0.15, -0.1) is 0 Å². The van der Waals surface area contributed by atoms with Crippen LogP contribution in [0.5, 0.6) is 28.7 Å². The summed E-state index contributed by atoms with van der Waals surface area (Å²) in [4.78, 5) is 13.2. The van der Waals surface area contributed by atoms with Crippen molar-refractivity contribution in [1.82, 2.24) is 0 Å². The van der Waals surface area contributed by atoms with Gasteiger partial charge >= 0.3 is 0 Å². The van der Waals surface area contributed by atoms with E-state index < -0.39 is 66.1 Å². The van der Waals surface area contributed by atoms with Gasteiger partial charge in [0.25, 0.3) is 0 Å². The third-order valence-corrected chi connectivity index (χ3v) is 5.60. The van der Waals surface area contributed by atoms with Gasteiger partial charge in [-0.3, -0.25) is 4.79 Å². The van der Waals surface area contributed by atoms with Crippen LogP contribution >= 0.6 is 0 Å². The van der Waals surface area contributed by atoms with Crippen LogP contribution in [0, 0.1) is 0 Å². The van der Waals surface area contributed by atoms with Gasteiger partial charge in [-0.2, -0.15) is 0 Å². The highest BCUT2D eigenvalue weighted by atomic mass is 16.7. The number of phenolic OH excluding ortho intramolecular Hbond substituents is 4. The second-order valence-electron chi connectivity index (χ2n) is 7.88. The Kier molecular flexibility index (Phi) is 6.21. The molecule has 3 aromatic rings. The number of aliphatic hydroxyl groups excluding tert-OH is 4. The molecular formula is C23H22O11. The molecule has 180 valence electrons. The van der Waals surface area contributed by atoms with Crippen LogP contribution in [-0.2, 0) is 4.74 Å². The highest BCUT2D eigenvalue weighted by molar-refractivity contribution is 6.17. The third-order valence-electron chi connectivity index (χ3n) is 5.60. The molecule has 0 spiro atoms. The molecule has 5 atom stereocenters. The molecule has 0 bridgehead atoms. The third kappa shape index (κ3) is 4.18. The van der Waals surface area contributed by atoms with Crippen molar-refractivity contribution in [2.45, 2.75) is 30.7 Å². The average Bonchev–Trinajstić information content (AvgIpc) is 2.81. The van der Waals surface area contributed by atoms with E-state index in [0.717, 1.165) is 18.2 Å². The summed E-state index contributed by atoms with van der Waals surface area (Å²) in [6.45, 7) is -0.663. The molecule has 8 N–H and O–H groups in total. The Bertz CT molecular complexity index is 1240. The van der Waals surface area contributed by atoms with Gasteiger partial charge in [0.15, 0.2) is 28.8 Å². The first-order valence-electron chi connectivity index (χ1n) is 10.1. The fraction of sp³-hybridized carbons (Fsp3) is 0.261. The quantitative estimate of drug-likeness (QED) is 0.184. The predicted octanol–water partition coefficient (Wildman–Crippen LogP) is 0.0719. The number of phenols is 4. The minimum atomic E-state index is -1.70. The van der Waals surface area contributed by atoms with Gasteiger partial charge in [0.05, 0.1) is 6.61 Å². The average molecular weight is 474 g/mol. The number of hydrogen-bond acceptors (Lipinski definition) is 11. The summed E-state index contributed by atoms with van der Waals surface area (Å²) in [6.07, 6.45) is -7.71. The number of aromatic hydroxyl groups is 4. The lowest BCUT2D eigenvalue weighted by atomic mass is 9.96. The van der Waals surface area contributed by atoms with E-state index >= 15 is 0 Å². The van der Waals surface area contributed by atoms with E-state index in [1.165, 1.54) is 24.3 Å². The zero-order valence-corrected chi connectivity index (χ0v) is 17.4. The molecular weight excluding hydrogens is 452 g/mol. The number of aliphatic hydroxyl groups is 4. The largest absolute Gasteiger partial charge is 0.504 e. The minimum absolute atomic E-state index is 0.00541. The summed E-state index contributed by atoms with van der Waals surface area (Å²) in [5.41, 5.74) is -0.0355. The molecule has 0 unspecified atom stereocenters. The van der Waals surface area contributed by atoms with Crippen molar-refractivity contribution in [3.63, 3.8) is 0 Å². The first-order chi connectivity index (χ1) is 16.1. The molecule has 1 heterocycles. The van der Waals surface area contributed by atoms with Crippen LogP contribution in [0.3, 0.4) is 0 Å². The maximum atomic E-state index is 13.2. The standard InChI is InChI=1S/C23H22O11/c24-8-18-20(30)21(31)22(32)23(34-18)33-11-3-10-5-16(27)17(28)7-12(10)13(6-11)19(29)9-1-2-14(25)15(26)4-9/h1-7,18,20-28,30-32H,8H2/t18-,20-,21+,22-,23+/m1/s1. The molecule has 0 aliphatic carbocycles. The van der Waals surface area contributed by atoms with Crippen LogP contribution in [0.25, 0.3) is 10.8 Å². The molecule has 1 aliphatic heterocycles. The number of rotatable bonds is 5. The first kappa shape index (κ1) is 23.5. The lowest BCUT2D eigenvalue weighted by molar-refractivity contribution is -0.277. The van der Waals surface area contributed by atoms with Gasteiger partial charge in [-0.05, 0) is 53.2 Å². The number of fused-ring (bicyclic) bond motifs is 1. The van der Waals surface area contributed by atoms with Crippen LogP contribution in [0.4, 0.5) is 0 Å². The highest BCUT2D eigenvalue weighted by Gasteiger charge is 2.44. The molecule has 11 nitrogen and oxygen atoms in total. The molecule has 1 aliphatic rings. The lowest BCUT2D eigenvalue weighted by Gasteiger charge is -2.39. The lowest BCUT2D eigenvalue weighted by Crippen LogP contribution is -2.60. The van der Waals surface area contributed by atoms with Gasteiger partial charge in [-0.1, -0.05) is 0 Å². The molecule has 34 heavy (non-hydrogen) atoms. The zero-order valence-electron chi connectivity index (χ0n) is 17.4. The maximum absolute atomic E-state index is 13.2. The number of carbonyl (C=O) groups is 1. The molecule has 3 aromatic carbocycles.